The van der Waals surface area contributed by atoms with Crippen molar-refractivity contribution in [2.24, 2.45) is 5.41 Å². The lowest BCUT2D eigenvalue weighted by Gasteiger charge is -2.45. The molecule has 0 bridgehead atoms. The summed E-state index contributed by atoms with van der Waals surface area (Å²) in [5, 5.41) is 20.1. The smallest absolute Gasteiger partial charge is 0.0642 e. The third kappa shape index (κ3) is 4.29. The van der Waals surface area contributed by atoms with Crippen LogP contribution in [-0.4, -0.2) is 47.5 Å². The number of likely N-dealkylation sites (tertiary alicyclic amines) is 1. The zero-order valence-electron chi connectivity index (χ0n) is 13.2. The lowest BCUT2D eigenvalue weighted by molar-refractivity contribution is -0.0800. The van der Waals surface area contributed by atoms with Gasteiger partial charge in [0.2, 0.25) is 0 Å². The van der Waals surface area contributed by atoms with Crippen molar-refractivity contribution in [1.82, 2.24) is 4.90 Å². The molecule has 0 saturated carbocycles. The third-order valence-electron chi connectivity index (χ3n) is 4.81. The molecule has 0 amide bonds. The monoisotopic (exact) mass is 291 g/mol. The van der Waals surface area contributed by atoms with Crippen molar-refractivity contribution in [2.45, 2.75) is 45.1 Å². The highest BCUT2D eigenvalue weighted by Crippen LogP contribution is 2.34. The number of aryl methyl sites for hydroxylation is 1. The van der Waals surface area contributed by atoms with Gasteiger partial charge >= 0.3 is 0 Å². The molecule has 0 radical (unpaired) electrons. The lowest BCUT2D eigenvalue weighted by Crippen LogP contribution is -2.53. The van der Waals surface area contributed by atoms with Crippen molar-refractivity contribution in [3.05, 3.63) is 35.9 Å². The molecule has 3 heteroatoms. The molecule has 2 atom stereocenters. The van der Waals surface area contributed by atoms with E-state index < -0.39 is 0 Å². The largest absolute Gasteiger partial charge is 0.396 e. The minimum absolute atomic E-state index is 0.0944. The number of aliphatic hydroxyl groups is 2. The maximum atomic E-state index is 10.3. The minimum atomic E-state index is -0.354. The van der Waals surface area contributed by atoms with Crippen molar-refractivity contribution in [1.29, 1.82) is 0 Å². The van der Waals surface area contributed by atoms with E-state index in [1.165, 1.54) is 5.56 Å². The molecular weight excluding hydrogens is 262 g/mol. The Morgan fingerprint density at radius 2 is 2.05 bits per heavy atom. The average Bonchev–Trinajstić information content (AvgIpc) is 2.52. The Morgan fingerprint density at radius 3 is 2.71 bits per heavy atom. The summed E-state index contributed by atoms with van der Waals surface area (Å²) in [6.45, 7) is 5.04. The van der Waals surface area contributed by atoms with Crippen LogP contribution in [0.4, 0.5) is 0 Å². The first-order chi connectivity index (χ1) is 10.2. The van der Waals surface area contributed by atoms with Crippen LogP contribution in [0.15, 0.2) is 30.3 Å². The van der Waals surface area contributed by atoms with Gasteiger partial charge in [0.15, 0.2) is 0 Å². The Kier molecular flexibility index (Phi) is 6.22. The van der Waals surface area contributed by atoms with Gasteiger partial charge in [-0.2, -0.15) is 0 Å². The fourth-order valence-electron chi connectivity index (χ4n) is 3.56. The number of piperidine rings is 1. The second kappa shape index (κ2) is 7.92. The summed E-state index contributed by atoms with van der Waals surface area (Å²) < 4.78 is 0. The predicted octanol–water partition coefficient (Wildman–Crippen LogP) is 2.46. The maximum Gasteiger partial charge on any atom is 0.0642 e. The standard InChI is InChI=1S/C18H29NO2/c1-2-11-18(15-20)14-19(13-10-17(18)21)12-6-9-16-7-4-3-5-8-16/h3-5,7-8,17,20-21H,2,6,9-15H2,1H3/t17-,18+/m1/s1. The number of benzene rings is 1. The molecule has 0 aliphatic carbocycles. The fourth-order valence-corrected chi connectivity index (χ4v) is 3.56. The highest BCUT2D eigenvalue weighted by molar-refractivity contribution is 5.14. The average molecular weight is 291 g/mol. The van der Waals surface area contributed by atoms with Gasteiger partial charge in [-0.15, -0.1) is 0 Å². The summed E-state index contributed by atoms with van der Waals surface area (Å²) >= 11 is 0. The third-order valence-corrected chi connectivity index (χ3v) is 4.81. The van der Waals surface area contributed by atoms with Gasteiger partial charge in [0.1, 0.15) is 0 Å². The van der Waals surface area contributed by atoms with Gasteiger partial charge in [-0.1, -0.05) is 43.7 Å². The summed E-state index contributed by atoms with van der Waals surface area (Å²) in [6.07, 6.45) is 4.57. The molecule has 0 aromatic heterocycles. The molecule has 118 valence electrons. The molecule has 1 aliphatic rings. The van der Waals surface area contributed by atoms with Gasteiger partial charge in [0, 0.05) is 18.5 Å². The van der Waals surface area contributed by atoms with Crippen LogP contribution in [-0.2, 0) is 6.42 Å². The second-order valence-electron chi connectivity index (χ2n) is 6.44. The van der Waals surface area contributed by atoms with Crippen LogP contribution in [0, 0.1) is 5.41 Å². The lowest BCUT2D eigenvalue weighted by atomic mass is 9.74. The van der Waals surface area contributed by atoms with E-state index in [1.807, 2.05) is 0 Å². The van der Waals surface area contributed by atoms with Crippen LogP contribution in [0.1, 0.15) is 38.2 Å². The highest BCUT2D eigenvalue weighted by Gasteiger charge is 2.41. The van der Waals surface area contributed by atoms with Crippen molar-refractivity contribution in [2.75, 3.05) is 26.2 Å². The van der Waals surface area contributed by atoms with Crippen molar-refractivity contribution >= 4 is 0 Å². The molecule has 1 heterocycles. The Labute approximate surface area is 128 Å². The zero-order chi connectivity index (χ0) is 15.1. The van der Waals surface area contributed by atoms with Crippen LogP contribution >= 0.6 is 0 Å². The first-order valence-corrected chi connectivity index (χ1v) is 8.25. The van der Waals surface area contributed by atoms with Gasteiger partial charge in [-0.25, -0.2) is 0 Å². The normalized spacial score (nSPS) is 26.9. The summed E-state index contributed by atoms with van der Waals surface area (Å²) in [5.41, 5.74) is 1.08. The molecule has 1 aliphatic heterocycles. The number of rotatable bonds is 7. The highest BCUT2D eigenvalue weighted by atomic mass is 16.3. The quantitative estimate of drug-likeness (QED) is 0.811. The Bertz CT molecular complexity index is 409. The van der Waals surface area contributed by atoms with Gasteiger partial charge in [-0.05, 0) is 37.8 Å². The van der Waals surface area contributed by atoms with E-state index in [4.69, 9.17) is 0 Å². The molecule has 0 unspecified atom stereocenters. The summed E-state index contributed by atoms with van der Waals surface area (Å²) in [7, 11) is 0. The van der Waals surface area contributed by atoms with Gasteiger partial charge in [-0.3, -0.25) is 0 Å². The number of hydrogen-bond donors (Lipinski definition) is 2. The second-order valence-corrected chi connectivity index (χ2v) is 6.44. The molecule has 21 heavy (non-hydrogen) atoms. The van der Waals surface area contributed by atoms with Crippen molar-refractivity contribution in [3.8, 4) is 0 Å². The molecule has 1 saturated heterocycles. The molecule has 0 spiro atoms. The maximum absolute atomic E-state index is 10.3. The molecule has 1 aromatic carbocycles. The molecule has 2 rings (SSSR count). The van der Waals surface area contributed by atoms with Gasteiger partial charge < -0.3 is 15.1 Å². The van der Waals surface area contributed by atoms with Crippen molar-refractivity contribution < 1.29 is 10.2 Å². The molecule has 1 aromatic rings. The molecule has 1 fully saturated rings. The summed E-state index contributed by atoms with van der Waals surface area (Å²) in [5.74, 6) is 0. The molecular formula is C18H29NO2. The van der Waals surface area contributed by atoms with Crippen molar-refractivity contribution in [3.63, 3.8) is 0 Å². The summed E-state index contributed by atoms with van der Waals surface area (Å²) in [4.78, 5) is 2.42. The van der Waals surface area contributed by atoms with E-state index in [2.05, 4.69) is 42.2 Å². The van der Waals surface area contributed by atoms with E-state index in [-0.39, 0.29) is 18.1 Å². The Hall–Kier alpha value is -0.900. The Morgan fingerprint density at radius 1 is 1.29 bits per heavy atom. The van der Waals surface area contributed by atoms with E-state index in [1.54, 1.807) is 0 Å². The number of nitrogens with zero attached hydrogens (tertiary/aromatic N) is 1. The fraction of sp³-hybridized carbons (Fsp3) is 0.667. The molecule has 3 nitrogen and oxygen atoms in total. The predicted molar refractivity (Wildman–Crippen MR) is 86.3 cm³/mol. The molecule has 2 N–H and O–H groups in total. The van der Waals surface area contributed by atoms with Crippen LogP contribution in [0.2, 0.25) is 0 Å². The van der Waals surface area contributed by atoms with E-state index in [9.17, 15) is 10.2 Å². The summed E-state index contributed by atoms with van der Waals surface area (Å²) in [6, 6.07) is 10.6. The van der Waals surface area contributed by atoms with Gasteiger partial charge in [0.05, 0.1) is 12.7 Å². The first-order valence-electron chi connectivity index (χ1n) is 8.25. The topological polar surface area (TPSA) is 43.7 Å². The SMILES string of the molecule is CCC[C@@]1(CO)CN(CCCc2ccccc2)CC[C@H]1O. The van der Waals surface area contributed by atoms with E-state index in [0.717, 1.165) is 51.7 Å². The minimum Gasteiger partial charge on any atom is -0.396 e. The van der Waals surface area contributed by atoms with Crippen LogP contribution in [0.3, 0.4) is 0 Å². The zero-order valence-corrected chi connectivity index (χ0v) is 13.2. The van der Waals surface area contributed by atoms with Crippen LogP contribution in [0.5, 0.6) is 0 Å². The van der Waals surface area contributed by atoms with Crippen LogP contribution in [0.25, 0.3) is 0 Å². The van der Waals surface area contributed by atoms with Gasteiger partial charge in [0.25, 0.3) is 0 Å². The van der Waals surface area contributed by atoms with Crippen LogP contribution < -0.4 is 0 Å². The Balaban J connectivity index is 1.84. The number of aliphatic hydroxyl groups excluding tert-OH is 2. The van der Waals surface area contributed by atoms with E-state index >= 15 is 0 Å². The number of hydrogen-bond acceptors (Lipinski definition) is 3. The van der Waals surface area contributed by atoms with E-state index in [0.29, 0.717) is 0 Å². The first kappa shape index (κ1) is 16.5.